The average molecular weight is 443 g/mol. The zero-order valence-corrected chi connectivity index (χ0v) is 16.5. The molecule has 1 saturated heterocycles. The van der Waals surface area contributed by atoms with Crippen molar-refractivity contribution in [2.24, 2.45) is 5.92 Å². The highest BCUT2D eigenvalue weighted by Crippen LogP contribution is 2.35. The van der Waals surface area contributed by atoms with E-state index >= 15 is 0 Å². The van der Waals surface area contributed by atoms with Gasteiger partial charge in [-0.2, -0.15) is 0 Å². The van der Waals surface area contributed by atoms with Crippen molar-refractivity contribution in [3.8, 4) is 11.1 Å². The minimum Gasteiger partial charge on any atom is -0.383 e. The fourth-order valence-electron chi connectivity index (χ4n) is 3.72. The molecule has 1 fully saturated rings. The Kier molecular flexibility index (Phi) is 6.97. The molecule has 168 valence electrons. The van der Waals surface area contributed by atoms with Gasteiger partial charge >= 0.3 is 0 Å². The van der Waals surface area contributed by atoms with Gasteiger partial charge in [0.15, 0.2) is 0 Å². The summed E-state index contributed by atoms with van der Waals surface area (Å²) < 4.78 is 40.2. The van der Waals surface area contributed by atoms with Crippen LogP contribution < -0.4 is 16.0 Å². The molecule has 1 atom stereocenters. The van der Waals surface area contributed by atoms with Gasteiger partial charge in [0.1, 0.15) is 35.4 Å². The highest BCUT2D eigenvalue weighted by Gasteiger charge is 2.27. The van der Waals surface area contributed by atoms with Crippen molar-refractivity contribution in [2.45, 2.75) is 13.8 Å². The first-order valence-corrected chi connectivity index (χ1v) is 9.77. The molecule has 9 heteroatoms. The number of carbonyl (C=O) groups is 1. The van der Waals surface area contributed by atoms with Crippen LogP contribution in [-0.4, -0.2) is 35.5 Å². The molecule has 1 aromatic heterocycles. The molecule has 2 aromatic carbocycles. The number of nitrogens with two attached hydrogens (primary N) is 1. The second-order valence-electron chi connectivity index (χ2n) is 7.40. The van der Waals surface area contributed by atoms with E-state index in [1.165, 1.54) is 18.5 Å². The summed E-state index contributed by atoms with van der Waals surface area (Å²) in [4.78, 5) is 22.7. The van der Waals surface area contributed by atoms with Gasteiger partial charge in [-0.3, -0.25) is 4.79 Å². The van der Waals surface area contributed by atoms with Crippen LogP contribution in [0, 0.1) is 23.4 Å². The molecule has 0 bridgehead atoms. The quantitative estimate of drug-likeness (QED) is 0.622. The molecule has 3 N–H and O–H groups in total. The van der Waals surface area contributed by atoms with Gasteiger partial charge in [0.05, 0.1) is 11.1 Å². The Bertz CT molecular complexity index is 1110. The number of hydrogen-bond donors (Lipinski definition) is 2. The summed E-state index contributed by atoms with van der Waals surface area (Å²) in [6, 6.07) is 8.80. The van der Waals surface area contributed by atoms with Gasteiger partial charge < -0.3 is 16.0 Å². The lowest BCUT2D eigenvalue weighted by molar-refractivity contribution is 0.0944. The Morgan fingerprint density at radius 2 is 1.81 bits per heavy atom. The summed E-state index contributed by atoms with van der Waals surface area (Å²) >= 11 is 0. The Morgan fingerprint density at radius 3 is 2.53 bits per heavy atom. The van der Waals surface area contributed by atoms with Crippen molar-refractivity contribution in [2.75, 3.05) is 30.3 Å². The average Bonchev–Trinajstić information content (AvgIpc) is 3.22. The first-order valence-electron chi connectivity index (χ1n) is 9.77. The maximum atomic E-state index is 13.8. The largest absolute Gasteiger partial charge is 0.383 e. The molecule has 0 spiro atoms. The van der Waals surface area contributed by atoms with Gasteiger partial charge in [0, 0.05) is 25.7 Å². The Balaban J connectivity index is 0.00000289. The summed E-state index contributed by atoms with van der Waals surface area (Å²) in [7, 11) is 0. The Hall–Kier alpha value is -3.62. The van der Waals surface area contributed by atoms with Gasteiger partial charge in [-0.05, 0) is 42.2 Å². The number of nitrogens with zero attached hydrogens (tertiary/aromatic N) is 3. The van der Waals surface area contributed by atoms with E-state index in [0.717, 1.165) is 18.6 Å². The first-order chi connectivity index (χ1) is 14.9. The van der Waals surface area contributed by atoms with Crippen molar-refractivity contribution >= 4 is 17.5 Å². The fraction of sp³-hybridized carbons (Fsp3) is 0.261. The number of halogens is 3. The summed E-state index contributed by atoms with van der Waals surface area (Å²) in [6.07, 6.45) is 2.16. The van der Waals surface area contributed by atoms with Crippen LogP contribution in [0.3, 0.4) is 0 Å². The molecular weight excluding hydrogens is 419 g/mol. The van der Waals surface area contributed by atoms with E-state index in [9.17, 15) is 18.0 Å². The number of carbonyl (C=O) groups excluding carboxylic acids is 1. The third-order valence-electron chi connectivity index (χ3n) is 5.30. The number of aromatic nitrogens is 2. The van der Waals surface area contributed by atoms with Crippen molar-refractivity contribution in [3.05, 3.63) is 71.8 Å². The van der Waals surface area contributed by atoms with E-state index in [-0.39, 0.29) is 24.7 Å². The Labute approximate surface area is 184 Å². The van der Waals surface area contributed by atoms with E-state index < -0.39 is 17.5 Å². The summed E-state index contributed by atoms with van der Waals surface area (Å²) in [5.74, 6) is -1.54. The van der Waals surface area contributed by atoms with Crippen molar-refractivity contribution in [3.63, 3.8) is 0 Å². The summed E-state index contributed by atoms with van der Waals surface area (Å²) in [5.41, 5.74) is 7.23. The number of hydrogen-bond acceptors (Lipinski definition) is 5. The molecule has 1 aliphatic rings. The maximum Gasteiger partial charge on any atom is 0.254 e. The van der Waals surface area contributed by atoms with Gasteiger partial charge in [0.25, 0.3) is 5.91 Å². The molecule has 0 radical (unpaired) electrons. The van der Waals surface area contributed by atoms with Gasteiger partial charge in [0.2, 0.25) is 0 Å². The predicted molar refractivity (Wildman–Crippen MR) is 118 cm³/mol. The summed E-state index contributed by atoms with van der Waals surface area (Å²) in [6.45, 7) is 1.60. The van der Waals surface area contributed by atoms with Crippen LogP contribution in [0.1, 0.15) is 24.2 Å². The number of anilines is 2. The maximum absolute atomic E-state index is 13.8. The third kappa shape index (κ3) is 4.82. The molecule has 3 aromatic rings. The number of nitrogens with one attached hydrogen (secondary N) is 1. The molecule has 1 amide bonds. The molecule has 32 heavy (non-hydrogen) atoms. The number of rotatable bonds is 5. The van der Waals surface area contributed by atoms with Crippen molar-refractivity contribution in [1.29, 1.82) is 0 Å². The van der Waals surface area contributed by atoms with E-state index in [4.69, 9.17) is 5.73 Å². The second kappa shape index (κ2) is 9.67. The van der Waals surface area contributed by atoms with Crippen LogP contribution in [0.2, 0.25) is 0 Å². The number of nitrogen functional groups attached to an aromatic ring is 1. The van der Waals surface area contributed by atoms with Crippen LogP contribution in [-0.2, 0) is 0 Å². The molecular formula is C23H24F3N5O. The molecule has 4 rings (SSSR count). The third-order valence-corrected chi connectivity index (χ3v) is 5.30. The topological polar surface area (TPSA) is 84.1 Å². The minimum atomic E-state index is -0.897. The minimum absolute atomic E-state index is 0. The normalized spacial score (nSPS) is 15.3. The van der Waals surface area contributed by atoms with Crippen LogP contribution in [0.15, 0.2) is 48.8 Å². The van der Waals surface area contributed by atoms with E-state index in [1.54, 1.807) is 12.1 Å². The lowest BCUT2D eigenvalue weighted by atomic mass is 10.1. The zero-order valence-electron chi connectivity index (χ0n) is 16.5. The second-order valence-corrected chi connectivity index (χ2v) is 7.40. The van der Waals surface area contributed by atoms with Crippen LogP contribution >= 0.6 is 0 Å². The molecule has 0 saturated carbocycles. The van der Waals surface area contributed by atoms with Crippen molar-refractivity contribution < 1.29 is 18.0 Å². The van der Waals surface area contributed by atoms with Crippen molar-refractivity contribution in [1.82, 2.24) is 15.3 Å². The molecule has 6 nitrogen and oxygen atoms in total. The van der Waals surface area contributed by atoms with Gasteiger partial charge in [-0.1, -0.05) is 19.6 Å². The van der Waals surface area contributed by atoms with Crippen LogP contribution in [0.25, 0.3) is 11.1 Å². The van der Waals surface area contributed by atoms with Gasteiger partial charge in [-0.15, -0.1) is 0 Å². The molecule has 0 aliphatic carbocycles. The lowest BCUT2D eigenvalue weighted by Crippen LogP contribution is -2.31. The highest BCUT2D eigenvalue weighted by molar-refractivity contribution is 5.94. The Morgan fingerprint density at radius 1 is 1.09 bits per heavy atom. The monoisotopic (exact) mass is 443 g/mol. The van der Waals surface area contributed by atoms with Gasteiger partial charge in [-0.25, -0.2) is 23.1 Å². The SMILES string of the molecule is C.Nc1ncnc(N2CCC(CNC(=O)c3ccc(F)cc3F)C2)c1-c1ccc(F)cc1. The summed E-state index contributed by atoms with van der Waals surface area (Å²) in [5, 5.41) is 2.71. The predicted octanol–water partition coefficient (Wildman–Crippen LogP) is 4.04. The zero-order chi connectivity index (χ0) is 22.0. The first kappa shape index (κ1) is 23.1. The van der Waals surface area contributed by atoms with E-state index in [1.807, 2.05) is 4.90 Å². The fourth-order valence-corrected chi connectivity index (χ4v) is 3.72. The highest BCUT2D eigenvalue weighted by atomic mass is 19.1. The molecule has 1 aliphatic heterocycles. The van der Waals surface area contributed by atoms with E-state index in [2.05, 4.69) is 15.3 Å². The number of benzene rings is 2. The van der Waals surface area contributed by atoms with Crippen LogP contribution in [0.5, 0.6) is 0 Å². The number of amides is 1. The van der Waals surface area contributed by atoms with E-state index in [0.29, 0.717) is 48.5 Å². The molecule has 1 unspecified atom stereocenters. The smallest absolute Gasteiger partial charge is 0.254 e. The standard InChI is InChI=1S/C22H20F3N5O.CH4/c23-15-3-1-14(2-4-15)19-20(26)28-12-29-21(19)30-8-7-13(11-30)10-27-22(31)17-6-5-16(24)9-18(17)25;/h1-6,9,12-13H,7-8,10-11H2,(H,27,31)(H2,26,28,29);1H4. The lowest BCUT2D eigenvalue weighted by Gasteiger charge is -2.21. The molecule has 2 heterocycles. The van der Waals surface area contributed by atoms with Crippen LogP contribution in [0.4, 0.5) is 24.8 Å².